The van der Waals surface area contributed by atoms with Gasteiger partial charge in [0.25, 0.3) is 5.22 Å². The molecule has 0 unspecified atom stereocenters. The van der Waals surface area contributed by atoms with E-state index in [1.807, 2.05) is 19.9 Å². The highest BCUT2D eigenvalue weighted by molar-refractivity contribution is 7.99. The van der Waals surface area contributed by atoms with E-state index in [-0.39, 0.29) is 17.7 Å². The van der Waals surface area contributed by atoms with E-state index in [0.717, 1.165) is 5.56 Å². The van der Waals surface area contributed by atoms with Gasteiger partial charge in [0.2, 0.25) is 11.8 Å². The molecule has 0 bridgehead atoms. The molecule has 100 valence electrons. The molecule has 1 N–H and O–H groups in total. The van der Waals surface area contributed by atoms with Crippen LogP contribution >= 0.6 is 11.8 Å². The van der Waals surface area contributed by atoms with Crippen molar-refractivity contribution in [2.24, 2.45) is 0 Å². The molecule has 1 amide bonds. The Bertz CT molecular complexity index is 542. The summed E-state index contributed by atoms with van der Waals surface area (Å²) in [4.78, 5) is 15.5. The highest BCUT2D eigenvalue weighted by Gasteiger charge is 2.11. The summed E-state index contributed by atoms with van der Waals surface area (Å²) in [5, 5.41) is 11.0. The molecular formula is C12H14N4O2S. The summed E-state index contributed by atoms with van der Waals surface area (Å²) in [5.41, 5.74) is 0.758. The van der Waals surface area contributed by atoms with Crippen molar-refractivity contribution in [2.45, 2.75) is 25.1 Å². The SMILES string of the molecule is CC(C)NC(=O)CSc1nnc(-c2cccnc2)o1. The first-order valence-corrected chi connectivity index (χ1v) is 6.80. The van der Waals surface area contributed by atoms with Gasteiger partial charge in [0, 0.05) is 18.4 Å². The number of amides is 1. The van der Waals surface area contributed by atoms with Gasteiger partial charge in [-0.15, -0.1) is 10.2 Å². The Morgan fingerprint density at radius 2 is 2.32 bits per heavy atom. The summed E-state index contributed by atoms with van der Waals surface area (Å²) < 4.78 is 5.45. The number of pyridine rings is 1. The Kier molecular flexibility index (Phi) is 4.51. The minimum atomic E-state index is -0.0545. The molecule has 6 nitrogen and oxygen atoms in total. The molecule has 2 rings (SSSR count). The second kappa shape index (κ2) is 6.33. The number of nitrogens with one attached hydrogen (secondary N) is 1. The van der Waals surface area contributed by atoms with Crippen molar-refractivity contribution in [1.82, 2.24) is 20.5 Å². The fourth-order valence-electron chi connectivity index (χ4n) is 1.36. The molecular weight excluding hydrogens is 264 g/mol. The smallest absolute Gasteiger partial charge is 0.277 e. The Morgan fingerprint density at radius 1 is 1.47 bits per heavy atom. The van der Waals surface area contributed by atoms with Crippen molar-refractivity contribution in [1.29, 1.82) is 0 Å². The van der Waals surface area contributed by atoms with Gasteiger partial charge in [-0.05, 0) is 26.0 Å². The van der Waals surface area contributed by atoms with Crippen molar-refractivity contribution in [3.8, 4) is 11.5 Å². The molecule has 0 aliphatic rings. The molecule has 0 spiro atoms. The van der Waals surface area contributed by atoms with Gasteiger partial charge in [0.15, 0.2) is 0 Å². The zero-order valence-corrected chi connectivity index (χ0v) is 11.5. The summed E-state index contributed by atoms with van der Waals surface area (Å²) >= 11 is 1.21. The Morgan fingerprint density at radius 3 is 3.00 bits per heavy atom. The largest absolute Gasteiger partial charge is 0.411 e. The Labute approximate surface area is 115 Å². The summed E-state index contributed by atoms with van der Waals surface area (Å²) in [5.74, 6) is 0.605. The Balaban J connectivity index is 1.93. The van der Waals surface area contributed by atoms with Crippen LogP contribution in [0.4, 0.5) is 0 Å². The molecule has 0 saturated carbocycles. The van der Waals surface area contributed by atoms with Crippen LogP contribution in [-0.2, 0) is 4.79 Å². The van der Waals surface area contributed by atoms with E-state index in [0.29, 0.717) is 11.1 Å². The van der Waals surface area contributed by atoms with Crippen LogP contribution in [0.5, 0.6) is 0 Å². The lowest BCUT2D eigenvalue weighted by atomic mass is 10.3. The van der Waals surface area contributed by atoms with Crippen molar-refractivity contribution >= 4 is 17.7 Å². The van der Waals surface area contributed by atoms with E-state index in [1.54, 1.807) is 18.5 Å². The zero-order valence-electron chi connectivity index (χ0n) is 10.7. The fourth-order valence-corrected chi connectivity index (χ4v) is 1.94. The molecule has 0 atom stereocenters. The van der Waals surface area contributed by atoms with E-state index in [1.165, 1.54) is 11.8 Å². The summed E-state index contributed by atoms with van der Waals surface area (Å²) in [7, 11) is 0. The van der Waals surface area contributed by atoms with Crippen molar-refractivity contribution in [3.63, 3.8) is 0 Å². The lowest BCUT2D eigenvalue weighted by Crippen LogP contribution is -2.31. The van der Waals surface area contributed by atoms with E-state index in [4.69, 9.17) is 4.42 Å². The van der Waals surface area contributed by atoms with Gasteiger partial charge in [-0.2, -0.15) is 0 Å². The molecule has 0 aliphatic carbocycles. The minimum absolute atomic E-state index is 0.0545. The van der Waals surface area contributed by atoms with Gasteiger partial charge < -0.3 is 9.73 Å². The third-order valence-corrected chi connectivity index (χ3v) is 2.91. The monoisotopic (exact) mass is 278 g/mol. The van der Waals surface area contributed by atoms with E-state index in [9.17, 15) is 4.79 Å². The van der Waals surface area contributed by atoms with Gasteiger partial charge in [0.1, 0.15) is 0 Å². The van der Waals surface area contributed by atoms with Crippen LogP contribution in [-0.4, -0.2) is 32.9 Å². The van der Waals surface area contributed by atoms with Crippen LogP contribution in [0.25, 0.3) is 11.5 Å². The molecule has 0 aromatic carbocycles. The quantitative estimate of drug-likeness (QED) is 0.839. The lowest BCUT2D eigenvalue weighted by molar-refractivity contribution is -0.119. The van der Waals surface area contributed by atoms with Crippen LogP contribution in [0, 0.1) is 0 Å². The Hall–Kier alpha value is -1.89. The van der Waals surface area contributed by atoms with Crippen molar-refractivity contribution in [3.05, 3.63) is 24.5 Å². The summed E-state index contributed by atoms with van der Waals surface area (Å²) in [6.07, 6.45) is 3.32. The lowest BCUT2D eigenvalue weighted by Gasteiger charge is -2.06. The molecule has 0 fully saturated rings. The first-order chi connectivity index (χ1) is 9.15. The molecule has 7 heteroatoms. The van der Waals surface area contributed by atoms with E-state index < -0.39 is 0 Å². The third-order valence-electron chi connectivity index (χ3n) is 2.09. The van der Waals surface area contributed by atoms with Crippen LogP contribution in [0.1, 0.15) is 13.8 Å². The molecule has 0 radical (unpaired) electrons. The van der Waals surface area contributed by atoms with Crippen molar-refractivity contribution in [2.75, 3.05) is 5.75 Å². The van der Waals surface area contributed by atoms with Crippen LogP contribution < -0.4 is 5.32 Å². The number of carbonyl (C=O) groups is 1. The number of nitrogens with zero attached hydrogens (tertiary/aromatic N) is 3. The zero-order chi connectivity index (χ0) is 13.7. The maximum atomic E-state index is 11.5. The highest BCUT2D eigenvalue weighted by Crippen LogP contribution is 2.22. The second-order valence-corrected chi connectivity index (χ2v) is 5.05. The fraction of sp³-hybridized carbons (Fsp3) is 0.333. The summed E-state index contributed by atoms with van der Waals surface area (Å²) in [6.45, 7) is 3.82. The average molecular weight is 278 g/mol. The molecule has 19 heavy (non-hydrogen) atoms. The van der Waals surface area contributed by atoms with Crippen LogP contribution in [0.15, 0.2) is 34.2 Å². The van der Waals surface area contributed by atoms with Gasteiger partial charge in [-0.1, -0.05) is 11.8 Å². The molecule has 0 aliphatic heterocycles. The van der Waals surface area contributed by atoms with Gasteiger partial charge >= 0.3 is 0 Å². The van der Waals surface area contributed by atoms with Crippen molar-refractivity contribution < 1.29 is 9.21 Å². The predicted octanol–water partition coefficient (Wildman–Crippen LogP) is 1.75. The minimum Gasteiger partial charge on any atom is -0.411 e. The van der Waals surface area contributed by atoms with E-state index in [2.05, 4.69) is 20.5 Å². The molecule has 0 saturated heterocycles. The van der Waals surface area contributed by atoms with Gasteiger partial charge in [-0.3, -0.25) is 9.78 Å². The molecule has 2 aromatic rings. The standard InChI is InChI=1S/C12H14N4O2S/c1-8(2)14-10(17)7-19-12-16-15-11(18-12)9-4-3-5-13-6-9/h3-6,8H,7H2,1-2H3,(H,14,17). The van der Waals surface area contributed by atoms with Gasteiger partial charge in [0.05, 0.1) is 11.3 Å². The first kappa shape index (κ1) is 13.5. The number of rotatable bonds is 5. The average Bonchev–Trinajstić information content (AvgIpc) is 2.85. The first-order valence-electron chi connectivity index (χ1n) is 5.81. The molecule has 2 heterocycles. The maximum absolute atomic E-state index is 11.5. The summed E-state index contributed by atoms with van der Waals surface area (Å²) in [6, 6.07) is 3.75. The predicted molar refractivity (Wildman–Crippen MR) is 71.5 cm³/mol. The number of thioether (sulfide) groups is 1. The third kappa shape index (κ3) is 4.06. The normalized spacial score (nSPS) is 10.7. The van der Waals surface area contributed by atoms with Crippen LogP contribution in [0.2, 0.25) is 0 Å². The maximum Gasteiger partial charge on any atom is 0.277 e. The number of hydrogen-bond acceptors (Lipinski definition) is 6. The topological polar surface area (TPSA) is 80.9 Å². The van der Waals surface area contributed by atoms with Gasteiger partial charge in [-0.25, -0.2) is 0 Å². The van der Waals surface area contributed by atoms with E-state index >= 15 is 0 Å². The number of aromatic nitrogens is 3. The molecule has 2 aromatic heterocycles. The van der Waals surface area contributed by atoms with Crippen LogP contribution in [0.3, 0.4) is 0 Å². The second-order valence-electron chi connectivity index (χ2n) is 4.13. The highest BCUT2D eigenvalue weighted by atomic mass is 32.2. The number of hydrogen-bond donors (Lipinski definition) is 1. The number of carbonyl (C=O) groups excluding carboxylic acids is 1.